The molecule has 1 aliphatic rings. The predicted molar refractivity (Wildman–Crippen MR) is 86.0 cm³/mol. The van der Waals surface area contributed by atoms with Crippen molar-refractivity contribution in [2.24, 2.45) is 7.05 Å². The molecule has 1 fully saturated rings. The molecule has 0 bridgehead atoms. The number of nitrogens with zero attached hydrogens (tertiary/aromatic N) is 4. The summed E-state index contributed by atoms with van der Waals surface area (Å²) < 4.78 is 1.37. The minimum absolute atomic E-state index is 0.111. The van der Waals surface area contributed by atoms with Gasteiger partial charge in [-0.3, -0.25) is 9.69 Å². The van der Waals surface area contributed by atoms with Crippen LogP contribution in [-0.4, -0.2) is 44.0 Å². The van der Waals surface area contributed by atoms with E-state index in [9.17, 15) is 9.90 Å². The third kappa shape index (κ3) is 2.84. The van der Waals surface area contributed by atoms with Gasteiger partial charge in [-0.15, -0.1) is 11.3 Å². The number of aromatic nitrogens is 3. The van der Waals surface area contributed by atoms with Gasteiger partial charge in [-0.2, -0.15) is 5.10 Å². The quantitative estimate of drug-likeness (QED) is 0.916. The van der Waals surface area contributed by atoms with Crippen molar-refractivity contribution in [3.05, 3.63) is 32.7 Å². The number of β-amino-alcohol motifs (C(OH)–C–C–N with tert-alkyl or cyclic N) is 1. The average Bonchev–Trinajstić information content (AvgIpc) is 3.07. The topological polar surface area (TPSA) is 71.2 Å². The first-order chi connectivity index (χ1) is 10.5. The number of rotatable bonds is 3. The lowest BCUT2D eigenvalue weighted by molar-refractivity contribution is 0.174. The van der Waals surface area contributed by atoms with E-state index in [0.29, 0.717) is 12.1 Å². The van der Waals surface area contributed by atoms with Crippen molar-refractivity contribution in [1.82, 2.24) is 19.7 Å². The molecular formula is C15H20N4O2S. The smallest absolute Gasteiger partial charge is 0.277 e. The first-order valence-corrected chi connectivity index (χ1v) is 8.23. The molecule has 118 valence electrons. The second-order valence-electron chi connectivity index (χ2n) is 5.84. The summed E-state index contributed by atoms with van der Waals surface area (Å²) in [5.74, 6) is 0. The lowest BCUT2D eigenvalue weighted by Crippen LogP contribution is -2.24. The molecule has 0 spiro atoms. The Bertz CT molecular complexity index is 752. The molecular weight excluding hydrogens is 300 g/mol. The van der Waals surface area contributed by atoms with Crippen LogP contribution in [0.2, 0.25) is 0 Å². The zero-order chi connectivity index (χ0) is 15.9. The molecule has 3 rings (SSSR count). The number of aliphatic hydroxyl groups is 1. The molecule has 0 aliphatic carbocycles. The van der Waals surface area contributed by atoms with Crippen molar-refractivity contribution in [2.75, 3.05) is 13.1 Å². The Hall–Kier alpha value is -1.57. The van der Waals surface area contributed by atoms with Gasteiger partial charge >= 0.3 is 0 Å². The molecule has 2 aromatic rings. The van der Waals surface area contributed by atoms with Gasteiger partial charge in [0.05, 0.1) is 23.1 Å². The largest absolute Gasteiger partial charge is 0.392 e. The molecule has 1 N–H and O–H groups in total. The summed E-state index contributed by atoms with van der Waals surface area (Å²) in [6.07, 6.45) is 0.593. The van der Waals surface area contributed by atoms with E-state index in [1.165, 1.54) is 16.0 Å². The SMILES string of the molecule is Cc1nn(C)c(=O)c(-c2nc(CN3CC[C@H](O)C3)cs2)c1C. The third-order valence-electron chi connectivity index (χ3n) is 4.12. The van der Waals surface area contributed by atoms with Crippen molar-refractivity contribution < 1.29 is 5.11 Å². The minimum atomic E-state index is -0.226. The molecule has 22 heavy (non-hydrogen) atoms. The van der Waals surface area contributed by atoms with Crippen LogP contribution >= 0.6 is 11.3 Å². The zero-order valence-electron chi connectivity index (χ0n) is 13.0. The first-order valence-electron chi connectivity index (χ1n) is 7.35. The van der Waals surface area contributed by atoms with Crippen LogP contribution < -0.4 is 5.56 Å². The molecule has 2 aromatic heterocycles. The Labute approximate surface area is 133 Å². The normalized spacial score (nSPS) is 19.0. The molecule has 0 radical (unpaired) electrons. The second-order valence-corrected chi connectivity index (χ2v) is 6.69. The Morgan fingerprint density at radius 3 is 2.91 bits per heavy atom. The van der Waals surface area contributed by atoms with Crippen molar-refractivity contribution in [3.8, 4) is 10.6 Å². The Balaban J connectivity index is 1.90. The Morgan fingerprint density at radius 1 is 1.45 bits per heavy atom. The highest BCUT2D eigenvalue weighted by atomic mass is 32.1. The molecule has 0 amide bonds. The maximum atomic E-state index is 12.4. The summed E-state index contributed by atoms with van der Waals surface area (Å²) in [5.41, 5.74) is 3.22. The van der Waals surface area contributed by atoms with E-state index in [1.807, 2.05) is 19.2 Å². The molecule has 6 nitrogen and oxygen atoms in total. The molecule has 0 saturated carbocycles. The maximum Gasteiger partial charge on any atom is 0.277 e. The van der Waals surface area contributed by atoms with Gasteiger partial charge in [0.2, 0.25) is 0 Å². The third-order valence-corrected chi connectivity index (χ3v) is 5.03. The lowest BCUT2D eigenvalue weighted by Gasteiger charge is -2.12. The number of thiazole rings is 1. The molecule has 1 atom stereocenters. The predicted octanol–water partition coefficient (Wildman–Crippen LogP) is 1.09. The van der Waals surface area contributed by atoms with E-state index >= 15 is 0 Å². The van der Waals surface area contributed by atoms with Crippen LogP contribution in [0.25, 0.3) is 10.6 Å². The summed E-state index contributed by atoms with van der Waals surface area (Å²) in [7, 11) is 1.67. The molecule has 0 aromatic carbocycles. The van der Waals surface area contributed by atoms with Crippen LogP contribution in [0.5, 0.6) is 0 Å². The van der Waals surface area contributed by atoms with Crippen LogP contribution in [0.15, 0.2) is 10.2 Å². The highest BCUT2D eigenvalue weighted by Crippen LogP contribution is 2.25. The van der Waals surface area contributed by atoms with Gasteiger partial charge in [0, 0.05) is 32.1 Å². The average molecular weight is 320 g/mol. The first kappa shape index (κ1) is 15.3. The molecule has 0 unspecified atom stereocenters. The van der Waals surface area contributed by atoms with E-state index < -0.39 is 0 Å². The van der Waals surface area contributed by atoms with Crippen molar-refractivity contribution in [2.45, 2.75) is 32.9 Å². The second kappa shape index (κ2) is 5.91. The number of hydrogen-bond donors (Lipinski definition) is 1. The van der Waals surface area contributed by atoms with Gasteiger partial charge in [-0.05, 0) is 25.8 Å². The van der Waals surface area contributed by atoms with Crippen LogP contribution in [-0.2, 0) is 13.6 Å². The summed E-state index contributed by atoms with van der Waals surface area (Å²) in [6, 6.07) is 0. The van der Waals surface area contributed by atoms with Crippen LogP contribution in [0.3, 0.4) is 0 Å². The van der Waals surface area contributed by atoms with Crippen LogP contribution in [0.1, 0.15) is 23.4 Å². The van der Waals surface area contributed by atoms with Gasteiger partial charge < -0.3 is 5.11 Å². The number of aliphatic hydroxyl groups excluding tert-OH is 1. The minimum Gasteiger partial charge on any atom is -0.392 e. The Morgan fingerprint density at radius 2 is 2.23 bits per heavy atom. The maximum absolute atomic E-state index is 12.4. The molecule has 1 saturated heterocycles. The summed E-state index contributed by atoms with van der Waals surface area (Å²) in [6.45, 7) is 6.12. The van der Waals surface area contributed by atoms with Gasteiger partial charge in [-0.25, -0.2) is 9.67 Å². The number of aryl methyl sites for hydroxylation is 2. The van der Waals surface area contributed by atoms with Gasteiger partial charge in [0.15, 0.2) is 0 Å². The monoisotopic (exact) mass is 320 g/mol. The summed E-state index contributed by atoms with van der Waals surface area (Å²) in [5, 5.41) is 16.5. The summed E-state index contributed by atoms with van der Waals surface area (Å²) >= 11 is 1.49. The van der Waals surface area contributed by atoms with E-state index in [0.717, 1.165) is 41.5 Å². The van der Waals surface area contributed by atoms with Gasteiger partial charge in [0.25, 0.3) is 5.56 Å². The van der Waals surface area contributed by atoms with Crippen LogP contribution in [0, 0.1) is 13.8 Å². The van der Waals surface area contributed by atoms with Crippen molar-refractivity contribution in [3.63, 3.8) is 0 Å². The fourth-order valence-electron chi connectivity index (χ4n) is 2.78. The molecule has 1 aliphatic heterocycles. The van der Waals surface area contributed by atoms with Crippen molar-refractivity contribution in [1.29, 1.82) is 0 Å². The molecule has 7 heteroatoms. The fraction of sp³-hybridized carbons (Fsp3) is 0.533. The standard InChI is InChI=1S/C15H20N4O2S/c1-9-10(2)17-18(3)15(21)13(9)14-16-11(8-22-14)6-19-5-4-12(20)7-19/h8,12,20H,4-7H2,1-3H3/t12-/m0/s1. The highest BCUT2D eigenvalue weighted by Gasteiger charge is 2.22. The van der Waals surface area contributed by atoms with Gasteiger partial charge in [-0.1, -0.05) is 0 Å². The zero-order valence-corrected chi connectivity index (χ0v) is 13.9. The van der Waals surface area contributed by atoms with Gasteiger partial charge in [0.1, 0.15) is 5.01 Å². The van der Waals surface area contributed by atoms with E-state index in [4.69, 9.17) is 0 Å². The fourth-order valence-corrected chi connectivity index (χ4v) is 3.68. The highest BCUT2D eigenvalue weighted by molar-refractivity contribution is 7.13. The molecule has 3 heterocycles. The Kier molecular flexibility index (Phi) is 4.12. The van der Waals surface area contributed by atoms with E-state index in [-0.39, 0.29) is 11.7 Å². The van der Waals surface area contributed by atoms with Crippen LogP contribution in [0.4, 0.5) is 0 Å². The number of hydrogen-bond acceptors (Lipinski definition) is 6. The van der Waals surface area contributed by atoms with E-state index in [2.05, 4.69) is 15.0 Å². The summed E-state index contributed by atoms with van der Waals surface area (Å²) in [4.78, 5) is 19.2. The lowest BCUT2D eigenvalue weighted by atomic mass is 10.1. The van der Waals surface area contributed by atoms with E-state index in [1.54, 1.807) is 7.05 Å². The van der Waals surface area contributed by atoms with Crippen molar-refractivity contribution >= 4 is 11.3 Å². The number of likely N-dealkylation sites (tertiary alicyclic amines) is 1.